The molecule has 0 spiro atoms. The predicted molar refractivity (Wildman–Crippen MR) is 62.0 cm³/mol. The monoisotopic (exact) mass is 259 g/mol. The van der Waals surface area contributed by atoms with Crippen LogP contribution in [0.3, 0.4) is 0 Å². The van der Waals surface area contributed by atoms with Crippen LogP contribution < -0.4 is 10.5 Å². The van der Waals surface area contributed by atoms with Crippen molar-refractivity contribution < 1.29 is 17.9 Å². The first-order chi connectivity index (χ1) is 8.47. The molecular weight excluding hydrogens is 243 g/mol. The molecule has 0 heterocycles. The van der Waals surface area contributed by atoms with E-state index in [0.717, 1.165) is 25.7 Å². The molecule has 1 aliphatic carbocycles. The van der Waals surface area contributed by atoms with Gasteiger partial charge >= 0.3 is 6.36 Å². The van der Waals surface area contributed by atoms with E-state index in [2.05, 4.69) is 4.74 Å². The molecule has 0 aromatic heterocycles. The molecular formula is C13H16F3NO. The van der Waals surface area contributed by atoms with Crippen LogP contribution in [0.1, 0.15) is 37.3 Å². The van der Waals surface area contributed by atoms with Gasteiger partial charge in [0.25, 0.3) is 0 Å². The molecule has 1 fully saturated rings. The Bertz CT molecular complexity index is 399. The lowest BCUT2D eigenvalue weighted by Gasteiger charge is -2.22. The second kappa shape index (κ2) is 5.18. The molecule has 1 unspecified atom stereocenters. The van der Waals surface area contributed by atoms with Gasteiger partial charge in [0, 0.05) is 11.6 Å². The fourth-order valence-electron chi connectivity index (χ4n) is 2.54. The number of para-hydroxylation sites is 1. The number of hydrogen-bond donors (Lipinski definition) is 1. The van der Waals surface area contributed by atoms with Gasteiger partial charge in [0.1, 0.15) is 5.75 Å². The molecule has 1 saturated carbocycles. The normalized spacial score (nSPS) is 18.9. The average Bonchev–Trinajstić information content (AvgIpc) is 2.80. The Balaban J connectivity index is 2.20. The Morgan fingerprint density at radius 3 is 2.39 bits per heavy atom. The molecule has 1 aliphatic rings. The Kier molecular flexibility index (Phi) is 3.80. The number of nitrogens with two attached hydrogens (primary N) is 1. The highest BCUT2D eigenvalue weighted by Crippen LogP contribution is 2.38. The van der Waals surface area contributed by atoms with Crippen molar-refractivity contribution in [3.63, 3.8) is 0 Å². The molecule has 0 radical (unpaired) electrons. The highest BCUT2D eigenvalue weighted by molar-refractivity contribution is 5.36. The summed E-state index contributed by atoms with van der Waals surface area (Å²) in [7, 11) is 0. The lowest BCUT2D eigenvalue weighted by Crippen LogP contribution is -2.23. The Morgan fingerprint density at radius 1 is 1.17 bits per heavy atom. The number of hydrogen-bond acceptors (Lipinski definition) is 2. The molecule has 0 aliphatic heterocycles. The largest absolute Gasteiger partial charge is 0.573 e. The predicted octanol–water partition coefficient (Wildman–Crippen LogP) is 3.78. The zero-order valence-electron chi connectivity index (χ0n) is 9.91. The summed E-state index contributed by atoms with van der Waals surface area (Å²) in [6.07, 6.45) is -0.532. The van der Waals surface area contributed by atoms with E-state index < -0.39 is 6.36 Å². The van der Waals surface area contributed by atoms with Crippen molar-refractivity contribution in [1.82, 2.24) is 0 Å². The van der Waals surface area contributed by atoms with E-state index in [9.17, 15) is 13.2 Å². The van der Waals surface area contributed by atoms with Crippen LogP contribution in [0.25, 0.3) is 0 Å². The molecule has 0 saturated heterocycles. The van der Waals surface area contributed by atoms with Gasteiger partial charge in [-0.1, -0.05) is 31.0 Å². The summed E-state index contributed by atoms with van der Waals surface area (Å²) in [6, 6.07) is 5.76. The standard InChI is InChI=1S/C13H16F3NO/c14-13(15,16)18-11-8-4-3-7-10(11)12(17)9-5-1-2-6-9/h3-4,7-9,12H,1-2,5-6,17H2. The van der Waals surface area contributed by atoms with Gasteiger partial charge in [0.2, 0.25) is 0 Å². The highest BCUT2D eigenvalue weighted by Gasteiger charge is 2.33. The summed E-state index contributed by atoms with van der Waals surface area (Å²) in [4.78, 5) is 0. The molecule has 2 nitrogen and oxygen atoms in total. The number of alkyl halides is 3. The van der Waals surface area contributed by atoms with Crippen LogP contribution >= 0.6 is 0 Å². The van der Waals surface area contributed by atoms with Gasteiger partial charge in [0.15, 0.2) is 0 Å². The lowest BCUT2D eigenvalue weighted by molar-refractivity contribution is -0.275. The summed E-state index contributed by atoms with van der Waals surface area (Å²) in [5, 5.41) is 0. The van der Waals surface area contributed by atoms with Crippen molar-refractivity contribution >= 4 is 0 Å². The Hall–Kier alpha value is -1.23. The number of ether oxygens (including phenoxy) is 1. The van der Waals surface area contributed by atoms with Gasteiger partial charge in [-0.05, 0) is 24.8 Å². The van der Waals surface area contributed by atoms with Crippen LogP contribution in [-0.2, 0) is 0 Å². The fourth-order valence-corrected chi connectivity index (χ4v) is 2.54. The maximum Gasteiger partial charge on any atom is 0.573 e. The van der Waals surface area contributed by atoms with E-state index in [-0.39, 0.29) is 17.7 Å². The zero-order chi connectivity index (χ0) is 13.2. The van der Waals surface area contributed by atoms with Crippen LogP contribution in [0.5, 0.6) is 5.75 Å². The maximum absolute atomic E-state index is 12.3. The van der Waals surface area contributed by atoms with E-state index in [0.29, 0.717) is 5.56 Å². The summed E-state index contributed by atoms with van der Waals surface area (Å²) in [6.45, 7) is 0. The molecule has 1 atom stereocenters. The zero-order valence-corrected chi connectivity index (χ0v) is 9.91. The van der Waals surface area contributed by atoms with Crippen LogP contribution in [0.15, 0.2) is 24.3 Å². The SMILES string of the molecule is NC(c1ccccc1OC(F)(F)F)C1CCCC1. The maximum atomic E-state index is 12.3. The number of rotatable bonds is 3. The van der Waals surface area contributed by atoms with E-state index in [1.165, 1.54) is 12.1 Å². The van der Waals surface area contributed by atoms with Crippen LogP contribution in [-0.4, -0.2) is 6.36 Å². The third-order valence-electron chi connectivity index (χ3n) is 3.41. The molecule has 100 valence electrons. The van der Waals surface area contributed by atoms with Crippen molar-refractivity contribution in [2.24, 2.45) is 11.7 Å². The van der Waals surface area contributed by atoms with Gasteiger partial charge in [-0.15, -0.1) is 13.2 Å². The third kappa shape index (κ3) is 3.16. The topological polar surface area (TPSA) is 35.2 Å². The number of halogens is 3. The summed E-state index contributed by atoms with van der Waals surface area (Å²) >= 11 is 0. The Morgan fingerprint density at radius 2 is 1.78 bits per heavy atom. The van der Waals surface area contributed by atoms with E-state index in [1.807, 2.05) is 0 Å². The molecule has 0 amide bonds. The first-order valence-electron chi connectivity index (χ1n) is 6.07. The van der Waals surface area contributed by atoms with E-state index in [4.69, 9.17) is 5.73 Å². The molecule has 1 aromatic carbocycles. The number of benzene rings is 1. The minimum absolute atomic E-state index is 0.176. The second-order valence-corrected chi connectivity index (χ2v) is 4.66. The molecule has 1 aromatic rings. The minimum Gasteiger partial charge on any atom is -0.405 e. The molecule has 0 bridgehead atoms. The van der Waals surface area contributed by atoms with Crippen molar-refractivity contribution in [2.75, 3.05) is 0 Å². The molecule has 2 rings (SSSR count). The Labute approximate surface area is 104 Å². The van der Waals surface area contributed by atoms with Crippen LogP contribution in [0.4, 0.5) is 13.2 Å². The van der Waals surface area contributed by atoms with Crippen LogP contribution in [0.2, 0.25) is 0 Å². The van der Waals surface area contributed by atoms with Crippen LogP contribution in [0, 0.1) is 5.92 Å². The third-order valence-corrected chi connectivity index (χ3v) is 3.41. The van der Waals surface area contributed by atoms with Crippen molar-refractivity contribution in [3.8, 4) is 5.75 Å². The first kappa shape index (κ1) is 13.2. The van der Waals surface area contributed by atoms with Gasteiger partial charge in [-0.3, -0.25) is 0 Å². The average molecular weight is 259 g/mol. The molecule has 5 heteroatoms. The summed E-state index contributed by atoms with van der Waals surface area (Å²) < 4.78 is 40.9. The first-order valence-corrected chi connectivity index (χ1v) is 6.07. The summed E-state index contributed by atoms with van der Waals surface area (Å²) in [5.41, 5.74) is 6.52. The minimum atomic E-state index is -4.68. The lowest BCUT2D eigenvalue weighted by atomic mass is 9.92. The van der Waals surface area contributed by atoms with Crippen molar-refractivity contribution in [3.05, 3.63) is 29.8 Å². The fraction of sp³-hybridized carbons (Fsp3) is 0.538. The van der Waals surface area contributed by atoms with Gasteiger partial charge in [0.05, 0.1) is 0 Å². The van der Waals surface area contributed by atoms with E-state index >= 15 is 0 Å². The smallest absolute Gasteiger partial charge is 0.405 e. The second-order valence-electron chi connectivity index (χ2n) is 4.66. The molecule has 18 heavy (non-hydrogen) atoms. The van der Waals surface area contributed by atoms with E-state index in [1.54, 1.807) is 12.1 Å². The van der Waals surface area contributed by atoms with Gasteiger partial charge in [-0.2, -0.15) is 0 Å². The summed E-state index contributed by atoms with van der Waals surface area (Å²) in [5.74, 6) is 0.0763. The highest BCUT2D eigenvalue weighted by atomic mass is 19.4. The van der Waals surface area contributed by atoms with Crippen molar-refractivity contribution in [2.45, 2.75) is 38.1 Å². The van der Waals surface area contributed by atoms with Crippen molar-refractivity contribution in [1.29, 1.82) is 0 Å². The quantitative estimate of drug-likeness (QED) is 0.896. The molecule has 2 N–H and O–H groups in total. The van der Waals surface area contributed by atoms with Gasteiger partial charge < -0.3 is 10.5 Å². The van der Waals surface area contributed by atoms with Gasteiger partial charge in [-0.25, -0.2) is 0 Å².